The van der Waals surface area contributed by atoms with Crippen LogP contribution in [0.5, 0.6) is 0 Å². The van der Waals surface area contributed by atoms with E-state index in [4.69, 9.17) is 0 Å². The van der Waals surface area contributed by atoms with Crippen LogP contribution in [0.2, 0.25) is 0 Å². The highest BCUT2D eigenvalue weighted by molar-refractivity contribution is 7.99. The topological polar surface area (TPSA) is 66.4 Å². The average Bonchev–Trinajstić information content (AvgIpc) is 2.85. The van der Waals surface area contributed by atoms with E-state index in [2.05, 4.69) is 11.0 Å². The molecule has 1 saturated carbocycles. The van der Waals surface area contributed by atoms with Crippen LogP contribution >= 0.6 is 11.8 Å². The molecule has 2 rings (SSSR count). The zero-order chi connectivity index (χ0) is 15.6. The number of aryl methyl sites for hydroxylation is 2. The molecule has 1 aliphatic carbocycles. The van der Waals surface area contributed by atoms with E-state index in [9.17, 15) is 13.5 Å². The fourth-order valence-electron chi connectivity index (χ4n) is 2.88. The van der Waals surface area contributed by atoms with E-state index in [1.165, 1.54) is 0 Å². The largest absolute Gasteiger partial charge is 0.392 e. The monoisotopic (exact) mass is 329 g/mol. The van der Waals surface area contributed by atoms with Gasteiger partial charge in [0.25, 0.3) is 0 Å². The van der Waals surface area contributed by atoms with Gasteiger partial charge in [-0.3, -0.25) is 0 Å². The summed E-state index contributed by atoms with van der Waals surface area (Å²) in [6, 6.07) is 3.43. The van der Waals surface area contributed by atoms with Crippen molar-refractivity contribution in [2.45, 2.75) is 55.9 Å². The summed E-state index contributed by atoms with van der Waals surface area (Å²) in [5.74, 6) is 0. The van der Waals surface area contributed by atoms with E-state index in [-0.39, 0.29) is 17.5 Å². The highest BCUT2D eigenvalue weighted by atomic mass is 32.2. The van der Waals surface area contributed by atoms with Crippen LogP contribution in [0.3, 0.4) is 0 Å². The minimum atomic E-state index is -3.53. The van der Waals surface area contributed by atoms with Crippen LogP contribution in [0.15, 0.2) is 17.0 Å². The number of nitrogens with one attached hydrogen (secondary N) is 1. The lowest BCUT2D eigenvalue weighted by atomic mass is 10.1. The number of aliphatic hydroxyl groups excluding tert-OH is 1. The third-order valence-corrected chi connectivity index (χ3v) is 6.89. The molecule has 0 saturated heterocycles. The molecule has 1 fully saturated rings. The third kappa shape index (κ3) is 3.80. The summed E-state index contributed by atoms with van der Waals surface area (Å²) in [4.78, 5) is 0.282. The minimum Gasteiger partial charge on any atom is -0.392 e. The lowest BCUT2D eigenvalue weighted by Gasteiger charge is -2.16. The molecule has 0 radical (unpaired) electrons. The van der Waals surface area contributed by atoms with Gasteiger partial charge in [-0.25, -0.2) is 13.1 Å². The molecule has 0 amide bonds. The van der Waals surface area contributed by atoms with Crippen molar-refractivity contribution in [2.24, 2.45) is 0 Å². The number of thioether (sulfide) groups is 1. The van der Waals surface area contributed by atoms with Crippen molar-refractivity contribution in [2.75, 3.05) is 6.26 Å². The molecule has 118 valence electrons. The van der Waals surface area contributed by atoms with Gasteiger partial charge in [0.15, 0.2) is 0 Å². The fourth-order valence-corrected chi connectivity index (χ4v) is 5.24. The van der Waals surface area contributed by atoms with Crippen LogP contribution in [-0.4, -0.2) is 31.1 Å². The summed E-state index contributed by atoms with van der Waals surface area (Å²) < 4.78 is 28.0. The van der Waals surface area contributed by atoms with Gasteiger partial charge in [0.1, 0.15) is 0 Å². The summed E-state index contributed by atoms with van der Waals surface area (Å²) >= 11 is 1.80. The van der Waals surface area contributed by atoms with E-state index < -0.39 is 10.0 Å². The first-order valence-electron chi connectivity index (χ1n) is 7.13. The van der Waals surface area contributed by atoms with Crippen molar-refractivity contribution in [1.29, 1.82) is 0 Å². The average molecular weight is 329 g/mol. The van der Waals surface area contributed by atoms with Gasteiger partial charge in [-0.2, -0.15) is 11.8 Å². The molecule has 6 heteroatoms. The Kier molecular flexibility index (Phi) is 5.35. The first-order chi connectivity index (χ1) is 9.87. The Hall–Kier alpha value is -0.560. The summed E-state index contributed by atoms with van der Waals surface area (Å²) in [6.45, 7) is 3.52. The van der Waals surface area contributed by atoms with E-state index >= 15 is 0 Å². The predicted octanol–water partition coefficient (Wildman–Crippen LogP) is 2.36. The lowest BCUT2D eigenvalue weighted by Crippen LogP contribution is -2.33. The first kappa shape index (κ1) is 16.8. The van der Waals surface area contributed by atoms with Crippen molar-refractivity contribution in [3.05, 3.63) is 28.8 Å². The quantitative estimate of drug-likeness (QED) is 0.870. The number of rotatable bonds is 5. The Morgan fingerprint density at radius 1 is 1.29 bits per heavy atom. The highest BCUT2D eigenvalue weighted by Crippen LogP contribution is 2.29. The van der Waals surface area contributed by atoms with Crippen LogP contribution in [0.1, 0.15) is 36.0 Å². The molecular formula is C15H23NO3S2. The predicted molar refractivity (Wildman–Crippen MR) is 87.1 cm³/mol. The molecular weight excluding hydrogens is 306 g/mol. The molecule has 0 bridgehead atoms. The van der Waals surface area contributed by atoms with Crippen LogP contribution in [-0.2, 0) is 16.6 Å². The van der Waals surface area contributed by atoms with E-state index in [0.29, 0.717) is 10.8 Å². The standard InChI is InChI=1S/C15H23NO3S2/c1-10-6-11(2)15(7-12(10)9-17)21(18,19)16-13-4-5-14(8-13)20-3/h6-7,13-14,16-17H,4-5,8-9H2,1-3H3. The Labute approximate surface area is 131 Å². The van der Waals surface area contributed by atoms with Crippen molar-refractivity contribution in [1.82, 2.24) is 4.72 Å². The van der Waals surface area contributed by atoms with E-state index in [1.807, 2.05) is 13.0 Å². The molecule has 0 spiro atoms. The summed E-state index contributed by atoms with van der Waals surface area (Å²) in [7, 11) is -3.53. The van der Waals surface area contributed by atoms with Gasteiger partial charge in [0, 0.05) is 11.3 Å². The van der Waals surface area contributed by atoms with Gasteiger partial charge in [0.2, 0.25) is 10.0 Å². The van der Waals surface area contributed by atoms with Crippen LogP contribution in [0.25, 0.3) is 0 Å². The van der Waals surface area contributed by atoms with Gasteiger partial charge in [-0.05, 0) is 62.1 Å². The third-order valence-electron chi connectivity index (χ3n) is 4.13. The molecule has 4 nitrogen and oxygen atoms in total. The Morgan fingerprint density at radius 3 is 2.57 bits per heavy atom. The normalized spacial score (nSPS) is 22.7. The minimum absolute atomic E-state index is 0.0192. The van der Waals surface area contributed by atoms with Gasteiger partial charge in [-0.15, -0.1) is 0 Å². The molecule has 2 N–H and O–H groups in total. The van der Waals surface area contributed by atoms with Gasteiger partial charge in [0.05, 0.1) is 11.5 Å². The van der Waals surface area contributed by atoms with Gasteiger partial charge >= 0.3 is 0 Å². The second-order valence-electron chi connectivity index (χ2n) is 5.69. The second kappa shape index (κ2) is 6.69. The molecule has 2 atom stereocenters. The number of sulfonamides is 1. The van der Waals surface area contributed by atoms with E-state index in [0.717, 1.165) is 30.4 Å². The zero-order valence-corrected chi connectivity index (χ0v) is 14.4. The number of hydrogen-bond donors (Lipinski definition) is 2. The van der Waals surface area contributed by atoms with Crippen LogP contribution in [0, 0.1) is 13.8 Å². The second-order valence-corrected chi connectivity index (χ2v) is 8.51. The molecule has 0 aliphatic heterocycles. The summed E-state index contributed by atoms with van der Waals surface area (Å²) in [5, 5.41) is 9.88. The molecule has 1 aromatic rings. The maximum Gasteiger partial charge on any atom is 0.241 e. The molecule has 21 heavy (non-hydrogen) atoms. The molecule has 1 aliphatic rings. The lowest BCUT2D eigenvalue weighted by molar-refractivity contribution is 0.280. The maximum absolute atomic E-state index is 12.6. The number of benzene rings is 1. The summed E-state index contributed by atoms with van der Waals surface area (Å²) in [5.41, 5.74) is 2.29. The van der Waals surface area contributed by atoms with Gasteiger partial charge < -0.3 is 5.11 Å². The van der Waals surface area contributed by atoms with Gasteiger partial charge in [-0.1, -0.05) is 6.07 Å². The Morgan fingerprint density at radius 2 is 2.00 bits per heavy atom. The van der Waals surface area contributed by atoms with Crippen molar-refractivity contribution < 1.29 is 13.5 Å². The number of hydrogen-bond acceptors (Lipinski definition) is 4. The SMILES string of the molecule is CSC1CCC(NS(=O)(=O)c2cc(CO)c(C)cc2C)C1. The molecule has 1 aromatic carbocycles. The Balaban J connectivity index is 2.24. The molecule has 2 unspecified atom stereocenters. The molecule has 0 heterocycles. The van der Waals surface area contributed by atoms with Crippen molar-refractivity contribution >= 4 is 21.8 Å². The number of aliphatic hydroxyl groups is 1. The maximum atomic E-state index is 12.6. The van der Waals surface area contributed by atoms with Crippen LogP contribution < -0.4 is 4.72 Å². The smallest absolute Gasteiger partial charge is 0.241 e. The highest BCUT2D eigenvalue weighted by Gasteiger charge is 2.29. The Bertz CT molecular complexity index is 614. The molecule has 0 aromatic heterocycles. The van der Waals surface area contributed by atoms with Crippen LogP contribution in [0.4, 0.5) is 0 Å². The summed E-state index contributed by atoms with van der Waals surface area (Å²) in [6.07, 6.45) is 4.91. The van der Waals surface area contributed by atoms with Crippen molar-refractivity contribution in [3.8, 4) is 0 Å². The van der Waals surface area contributed by atoms with E-state index in [1.54, 1.807) is 24.8 Å². The first-order valence-corrected chi connectivity index (χ1v) is 9.90. The zero-order valence-electron chi connectivity index (χ0n) is 12.7. The fraction of sp³-hybridized carbons (Fsp3) is 0.600. The van der Waals surface area contributed by atoms with Crippen molar-refractivity contribution in [3.63, 3.8) is 0 Å².